The summed E-state index contributed by atoms with van der Waals surface area (Å²) in [7, 11) is 1.37. The van der Waals surface area contributed by atoms with Crippen LogP contribution in [0.5, 0.6) is 0 Å². The van der Waals surface area contributed by atoms with E-state index in [9.17, 15) is 4.79 Å². The molecule has 1 aromatic heterocycles. The van der Waals surface area contributed by atoms with E-state index in [1.54, 1.807) is 18.3 Å². The summed E-state index contributed by atoms with van der Waals surface area (Å²) in [5, 5.41) is 0. The lowest BCUT2D eigenvalue weighted by molar-refractivity contribution is 0.0599. The van der Waals surface area contributed by atoms with Crippen LogP contribution >= 0.6 is 0 Å². The van der Waals surface area contributed by atoms with Gasteiger partial charge < -0.3 is 4.74 Å². The van der Waals surface area contributed by atoms with E-state index in [0.717, 1.165) is 12.1 Å². The maximum atomic E-state index is 11.1. The molecule has 12 heavy (non-hydrogen) atoms. The lowest BCUT2D eigenvalue weighted by Crippen LogP contribution is -2.06. The Kier molecular flexibility index (Phi) is 2.80. The van der Waals surface area contributed by atoms with Crippen LogP contribution in [0.4, 0.5) is 0 Å². The molecule has 0 spiro atoms. The average molecular weight is 165 g/mol. The van der Waals surface area contributed by atoms with Crippen molar-refractivity contribution in [1.29, 1.82) is 0 Å². The number of aryl methyl sites for hydroxylation is 1. The molecule has 0 N–H and O–H groups in total. The molecule has 0 atom stereocenters. The molecule has 0 aliphatic carbocycles. The first kappa shape index (κ1) is 8.71. The summed E-state index contributed by atoms with van der Waals surface area (Å²) in [5.74, 6) is -0.319. The monoisotopic (exact) mass is 165 g/mol. The van der Waals surface area contributed by atoms with Crippen LogP contribution in [-0.4, -0.2) is 18.1 Å². The Hall–Kier alpha value is -1.38. The van der Waals surface area contributed by atoms with E-state index >= 15 is 0 Å². The Balaban J connectivity index is 3.04. The van der Waals surface area contributed by atoms with Gasteiger partial charge in [0.1, 0.15) is 0 Å². The van der Waals surface area contributed by atoms with Crippen molar-refractivity contribution in [3.05, 3.63) is 29.6 Å². The van der Waals surface area contributed by atoms with Gasteiger partial charge in [-0.05, 0) is 18.6 Å². The molecular weight excluding hydrogens is 154 g/mol. The summed E-state index contributed by atoms with van der Waals surface area (Å²) in [6, 6.07) is 3.45. The molecule has 0 unspecified atom stereocenters. The predicted octanol–water partition coefficient (Wildman–Crippen LogP) is 1.43. The van der Waals surface area contributed by atoms with Gasteiger partial charge in [0, 0.05) is 6.20 Å². The third-order valence-corrected chi connectivity index (χ3v) is 1.63. The number of carbonyl (C=O) groups excluding carboxylic acids is 1. The van der Waals surface area contributed by atoms with Gasteiger partial charge in [0.05, 0.1) is 18.4 Å². The minimum atomic E-state index is -0.319. The highest BCUT2D eigenvalue weighted by atomic mass is 16.5. The molecule has 0 saturated heterocycles. The van der Waals surface area contributed by atoms with Crippen LogP contribution in [0.2, 0.25) is 0 Å². The van der Waals surface area contributed by atoms with Crippen molar-refractivity contribution in [2.45, 2.75) is 13.3 Å². The Morgan fingerprint density at radius 2 is 2.42 bits per heavy atom. The minimum absolute atomic E-state index is 0.319. The summed E-state index contributed by atoms with van der Waals surface area (Å²) in [5.41, 5.74) is 1.34. The van der Waals surface area contributed by atoms with E-state index in [1.165, 1.54) is 7.11 Å². The maximum absolute atomic E-state index is 11.1. The number of rotatable bonds is 2. The fraction of sp³-hybridized carbons (Fsp3) is 0.333. The fourth-order valence-corrected chi connectivity index (χ4v) is 1.02. The van der Waals surface area contributed by atoms with Gasteiger partial charge in [-0.1, -0.05) is 6.92 Å². The molecular formula is C9H11NO2. The minimum Gasteiger partial charge on any atom is -0.465 e. The standard InChI is InChI=1S/C9H11NO2/c1-3-8-7(9(11)12-2)5-4-6-10-8/h4-6H,3H2,1-2H3. The average Bonchev–Trinajstić information content (AvgIpc) is 2.16. The Bertz CT molecular complexity index is 284. The second-order valence-corrected chi connectivity index (χ2v) is 2.34. The number of nitrogens with zero attached hydrogens (tertiary/aromatic N) is 1. The Labute approximate surface area is 71.4 Å². The molecule has 0 fully saturated rings. The van der Waals surface area contributed by atoms with E-state index in [-0.39, 0.29) is 5.97 Å². The van der Waals surface area contributed by atoms with E-state index in [1.807, 2.05) is 6.92 Å². The molecule has 3 heteroatoms. The van der Waals surface area contributed by atoms with Crippen LogP contribution < -0.4 is 0 Å². The highest BCUT2D eigenvalue weighted by molar-refractivity contribution is 5.90. The largest absolute Gasteiger partial charge is 0.465 e. The van der Waals surface area contributed by atoms with Crippen molar-refractivity contribution in [2.24, 2.45) is 0 Å². The van der Waals surface area contributed by atoms with Gasteiger partial charge in [-0.3, -0.25) is 4.98 Å². The third kappa shape index (κ3) is 1.61. The van der Waals surface area contributed by atoms with Crippen molar-refractivity contribution in [3.8, 4) is 0 Å². The number of esters is 1. The van der Waals surface area contributed by atoms with Crippen LogP contribution in [0.1, 0.15) is 23.0 Å². The van der Waals surface area contributed by atoms with E-state index in [2.05, 4.69) is 9.72 Å². The van der Waals surface area contributed by atoms with Crippen molar-refractivity contribution in [2.75, 3.05) is 7.11 Å². The first-order valence-corrected chi connectivity index (χ1v) is 3.81. The first-order chi connectivity index (χ1) is 5.79. The zero-order valence-corrected chi connectivity index (χ0v) is 7.20. The van der Waals surface area contributed by atoms with Gasteiger partial charge in [0.2, 0.25) is 0 Å². The molecule has 1 rings (SSSR count). The molecule has 0 radical (unpaired) electrons. The van der Waals surface area contributed by atoms with Crippen LogP contribution in [0.3, 0.4) is 0 Å². The first-order valence-electron chi connectivity index (χ1n) is 3.81. The van der Waals surface area contributed by atoms with Crippen LogP contribution in [0.15, 0.2) is 18.3 Å². The van der Waals surface area contributed by atoms with Crippen LogP contribution in [0.25, 0.3) is 0 Å². The molecule has 0 amide bonds. The molecule has 0 aromatic carbocycles. The zero-order chi connectivity index (χ0) is 8.97. The van der Waals surface area contributed by atoms with Gasteiger partial charge in [-0.2, -0.15) is 0 Å². The molecule has 0 aliphatic heterocycles. The number of methoxy groups -OCH3 is 1. The number of pyridine rings is 1. The second kappa shape index (κ2) is 3.85. The van der Waals surface area contributed by atoms with Crippen molar-refractivity contribution in [1.82, 2.24) is 4.98 Å². The molecule has 64 valence electrons. The Morgan fingerprint density at radius 3 is 3.00 bits per heavy atom. The molecule has 1 heterocycles. The van der Waals surface area contributed by atoms with Crippen molar-refractivity contribution < 1.29 is 9.53 Å². The molecule has 0 aliphatic rings. The smallest absolute Gasteiger partial charge is 0.339 e. The highest BCUT2D eigenvalue weighted by Gasteiger charge is 2.09. The quantitative estimate of drug-likeness (QED) is 0.622. The van der Waals surface area contributed by atoms with E-state index < -0.39 is 0 Å². The van der Waals surface area contributed by atoms with E-state index in [4.69, 9.17) is 0 Å². The predicted molar refractivity (Wildman–Crippen MR) is 45.0 cm³/mol. The fourth-order valence-electron chi connectivity index (χ4n) is 1.02. The lowest BCUT2D eigenvalue weighted by Gasteiger charge is -2.02. The zero-order valence-electron chi connectivity index (χ0n) is 7.20. The number of carbonyl (C=O) groups is 1. The molecule has 0 bridgehead atoms. The summed E-state index contributed by atoms with van der Waals surface area (Å²) < 4.78 is 4.60. The topological polar surface area (TPSA) is 39.2 Å². The number of hydrogen-bond donors (Lipinski definition) is 0. The van der Waals surface area contributed by atoms with Gasteiger partial charge in [-0.15, -0.1) is 0 Å². The summed E-state index contributed by atoms with van der Waals surface area (Å²) in [4.78, 5) is 15.2. The highest BCUT2D eigenvalue weighted by Crippen LogP contribution is 2.06. The lowest BCUT2D eigenvalue weighted by atomic mass is 10.1. The SMILES string of the molecule is CCc1ncccc1C(=O)OC. The van der Waals surface area contributed by atoms with Gasteiger partial charge >= 0.3 is 5.97 Å². The van der Waals surface area contributed by atoms with Gasteiger partial charge in [-0.25, -0.2) is 4.79 Å². The van der Waals surface area contributed by atoms with Gasteiger partial charge in [0.25, 0.3) is 0 Å². The number of hydrogen-bond acceptors (Lipinski definition) is 3. The Morgan fingerprint density at radius 1 is 1.67 bits per heavy atom. The normalized spacial score (nSPS) is 9.50. The summed E-state index contributed by atoms with van der Waals surface area (Å²) >= 11 is 0. The molecule has 0 saturated carbocycles. The van der Waals surface area contributed by atoms with Crippen molar-refractivity contribution >= 4 is 5.97 Å². The number of ether oxygens (including phenoxy) is 1. The van der Waals surface area contributed by atoms with E-state index in [0.29, 0.717) is 5.56 Å². The second-order valence-electron chi connectivity index (χ2n) is 2.34. The van der Waals surface area contributed by atoms with Gasteiger partial charge in [0.15, 0.2) is 0 Å². The summed E-state index contributed by atoms with van der Waals surface area (Å²) in [6.45, 7) is 1.95. The number of aromatic nitrogens is 1. The molecule has 1 aromatic rings. The summed E-state index contributed by atoms with van der Waals surface area (Å²) in [6.07, 6.45) is 2.41. The molecule has 3 nitrogen and oxygen atoms in total. The van der Waals surface area contributed by atoms with Crippen molar-refractivity contribution in [3.63, 3.8) is 0 Å². The third-order valence-electron chi connectivity index (χ3n) is 1.63. The maximum Gasteiger partial charge on any atom is 0.339 e. The van der Waals surface area contributed by atoms with Crippen LogP contribution in [-0.2, 0) is 11.2 Å². The van der Waals surface area contributed by atoms with Crippen LogP contribution in [0, 0.1) is 0 Å².